The lowest BCUT2D eigenvalue weighted by molar-refractivity contribution is -0.155. The maximum absolute atomic E-state index is 14.7. The number of benzene rings is 2. The molecule has 6 bridgehead atoms. The summed E-state index contributed by atoms with van der Waals surface area (Å²) in [5.74, 6) is 2.36. The number of amides is 4. The molecule has 4 aromatic rings. The zero-order valence-corrected chi connectivity index (χ0v) is 40.6. The first-order valence-corrected chi connectivity index (χ1v) is 23.4. The Morgan fingerprint density at radius 2 is 1.84 bits per heavy atom. The molecule has 0 spiro atoms. The van der Waals surface area contributed by atoms with Gasteiger partial charge in [0.2, 0.25) is 5.91 Å². The number of hydrazine groups is 1. The Balaban J connectivity index is 1.29. The number of fused-ring (bicyclic) bond motifs is 6. The first kappa shape index (κ1) is 48.6. The van der Waals surface area contributed by atoms with Gasteiger partial charge >= 0.3 is 5.97 Å². The van der Waals surface area contributed by atoms with E-state index in [2.05, 4.69) is 78.3 Å². The van der Waals surface area contributed by atoms with Crippen molar-refractivity contribution in [1.29, 1.82) is 0 Å². The van der Waals surface area contributed by atoms with Crippen LogP contribution in [-0.2, 0) is 52.8 Å². The Bertz CT molecular complexity index is 2670. The van der Waals surface area contributed by atoms with Crippen LogP contribution in [0, 0.1) is 29.1 Å². The number of nitrogens with one attached hydrogen (secondary N) is 2. The standard InChI is InChI=1S/C53H65N7O7/c1-11-16-45(61)58-29-33(5)41(30-58)50(63)57(9)47(32(3)4)49(62)55-43-26-35-17-13-18-36(25-35)37-21-22-44-39(27-37)40(48(59(44)12-2)38-19-14-23-54-46(38)34(6)66-10)28-53(7,8)31-67-52(65)42-20-15-24-60(56-42)51(43)64/h13-14,17-19,21-23,25,27,33-34,41-43,56H,12,15,20,24,26,28-31H2,1-10H3,(H,55,62)/t33-,34-,41+,42-,43-/m0/s1. The maximum Gasteiger partial charge on any atom is 0.324 e. The zero-order chi connectivity index (χ0) is 48.3. The van der Waals surface area contributed by atoms with E-state index in [1.54, 1.807) is 46.0 Å². The van der Waals surface area contributed by atoms with Gasteiger partial charge in [-0.1, -0.05) is 57.0 Å². The van der Waals surface area contributed by atoms with E-state index in [0.29, 0.717) is 44.5 Å². The topological polar surface area (TPSA) is 155 Å². The molecule has 14 nitrogen and oxygen atoms in total. The second-order valence-corrected chi connectivity index (χ2v) is 19.2. The largest absolute Gasteiger partial charge is 0.464 e. The first-order chi connectivity index (χ1) is 32.0. The zero-order valence-electron chi connectivity index (χ0n) is 40.6. The highest BCUT2D eigenvalue weighted by molar-refractivity contribution is 6.01. The first-order valence-electron chi connectivity index (χ1n) is 23.4. The van der Waals surface area contributed by atoms with E-state index >= 15 is 0 Å². The molecule has 0 saturated carbocycles. The van der Waals surface area contributed by atoms with Gasteiger partial charge in [0.1, 0.15) is 17.8 Å². The summed E-state index contributed by atoms with van der Waals surface area (Å²) < 4.78 is 14.3. The summed E-state index contributed by atoms with van der Waals surface area (Å²) in [4.78, 5) is 77.7. The molecule has 5 heterocycles. The molecule has 3 aliphatic heterocycles. The van der Waals surface area contributed by atoms with Crippen LogP contribution in [0.4, 0.5) is 0 Å². The lowest BCUT2D eigenvalue weighted by atomic mass is 9.84. The number of ether oxygens (including phenoxy) is 2. The number of rotatable bonds is 8. The third kappa shape index (κ3) is 10.2. The molecular formula is C53H65N7O7. The molecule has 2 aromatic carbocycles. The lowest BCUT2D eigenvalue weighted by Gasteiger charge is -2.36. The molecule has 7 rings (SSSR count). The van der Waals surface area contributed by atoms with Crippen LogP contribution in [0.15, 0.2) is 72.1 Å². The Hall–Kier alpha value is -6.30. The summed E-state index contributed by atoms with van der Waals surface area (Å²) in [6.45, 7) is 17.0. The fraction of sp³-hybridized carbons (Fsp3) is 0.472. The van der Waals surface area contributed by atoms with Gasteiger partial charge in [0, 0.05) is 74.8 Å². The van der Waals surface area contributed by atoms with E-state index in [9.17, 15) is 24.0 Å². The van der Waals surface area contributed by atoms with Gasteiger partial charge in [0.05, 0.1) is 30.0 Å². The second kappa shape index (κ2) is 20.3. The molecule has 3 aliphatic rings. The average molecular weight is 912 g/mol. The molecule has 0 aliphatic carbocycles. The fourth-order valence-electron chi connectivity index (χ4n) is 9.93. The van der Waals surface area contributed by atoms with E-state index in [0.717, 1.165) is 50.1 Å². The highest BCUT2D eigenvalue weighted by Crippen LogP contribution is 2.42. The van der Waals surface area contributed by atoms with Crippen molar-refractivity contribution in [2.24, 2.45) is 17.3 Å². The monoisotopic (exact) mass is 911 g/mol. The number of likely N-dealkylation sites (N-methyl/N-ethyl adjacent to an activating group) is 1. The third-order valence-corrected chi connectivity index (χ3v) is 13.4. The average Bonchev–Trinajstić information content (AvgIpc) is 3.85. The molecule has 2 fully saturated rings. The minimum absolute atomic E-state index is 0.115. The number of carbonyl (C=O) groups is 5. The van der Waals surface area contributed by atoms with Crippen LogP contribution in [0.1, 0.15) is 91.2 Å². The number of nitrogens with zero attached hydrogens (tertiary/aromatic N) is 5. The fourth-order valence-corrected chi connectivity index (χ4v) is 9.93. The summed E-state index contributed by atoms with van der Waals surface area (Å²) in [7, 11) is 3.24. The Morgan fingerprint density at radius 3 is 2.55 bits per heavy atom. The van der Waals surface area contributed by atoms with Crippen molar-refractivity contribution in [3.05, 3.63) is 88.9 Å². The maximum atomic E-state index is 14.7. The van der Waals surface area contributed by atoms with E-state index in [-0.39, 0.29) is 49.1 Å². The van der Waals surface area contributed by atoms with Crippen LogP contribution in [-0.4, -0.2) is 106 Å². The van der Waals surface area contributed by atoms with Gasteiger partial charge in [-0.3, -0.25) is 34.0 Å². The number of allylic oxidation sites excluding steroid dienone is 1. The van der Waals surface area contributed by atoms with Crippen molar-refractivity contribution >= 4 is 40.5 Å². The molecule has 0 radical (unpaired) electrons. The summed E-state index contributed by atoms with van der Waals surface area (Å²) in [6, 6.07) is 16.6. The summed E-state index contributed by atoms with van der Waals surface area (Å²) in [6.07, 6.45) is 3.23. The Labute approximate surface area is 394 Å². The number of hydrogen-bond acceptors (Lipinski definition) is 9. The van der Waals surface area contributed by atoms with Crippen LogP contribution in [0.2, 0.25) is 0 Å². The molecular weight excluding hydrogens is 847 g/mol. The van der Waals surface area contributed by atoms with Gasteiger partial charge in [-0.05, 0) is 118 Å². The predicted octanol–water partition coefficient (Wildman–Crippen LogP) is 6.62. The lowest BCUT2D eigenvalue weighted by Crippen LogP contribution is -2.60. The molecule has 2 N–H and O–H groups in total. The van der Waals surface area contributed by atoms with E-state index in [1.165, 1.54) is 9.91 Å². The van der Waals surface area contributed by atoms with Crippen molar-refractivity contribution in [2.75, 3.05) is 40.4 Å². The number of carbonyl (C=O) groups excluding carboxylic acids is 5. The number of hydrogen-bond donors (Lipinski definition) is 2. The SMILES string of the molecule is CC#CC(=O)N1C[C@H](C)[C@H](C(=O)N(C)C(C(=O)N[C@H]2Cc3cccc(c3)-c3ccc4c(c3)c(c(-c3cccnc3[C@H](C)OC)n4CC)CC(C)(C)COC(=O)[C@@H]3CCCN(N3)C2=O)=C(C)C)C1. The number of esters is 1. The van der Waals surface area contributed by atoms with Gasteiger partial charge in [0.15, 0.2) is 0 Å². The highest BCUT2D eigenvalue weighted by atomic mass is 16.5. The van der Waals surface area contributed by atoms with Gasteiger partial charge in [-0.25, -0.2) is 5.43 Å². The van der Waals surface area contributed by atoms with E-state index in [1.807, 2.05) is 38.1 Å². The molecule has 354 valence electrons. The van der Waals surface area contributed by atoms with Gasteiger partial charge < -0.3 is 29.2 Å². The Kier molecular flexibility index (Phi) is 14.7. The summed E-state index contributed by atoms with van der Waals surface area (Å²) >= 11 is 0. The number of pyridine rings is 1. The quantitative estimate of drug-likeness (QED) is 0.113. The minimum Gasteiger partial charge on any atom is -0.464 e. The highest BCUT2D eigenvalue weighted by Gasteiger charge is 2.41. The van der Waals surface area contributed by atoms with Crippen molar-refractivity contribution in [1.82, 2.24) is 35.1 Å². The smallest absolute Gasteiger partial charge is 0.324 e. The normalized spacial score (nSPS) is 21.1. The molecule has 5 atom stereocenters. The van der Waals surface area contributed by atoms with Crippen molar-refractivity contribution in [2.45, 2.75) is 106 Å². The third-order valence-electron chi connectivity index (χ3n) is 13.4. The number of cyclic esters (lactones) is 1. The van der Waals surface area contributed by atoms with Crippen molar-refractivity contribution in [3.8, 4) is 34.2 Å². The van der Waals surface area contributed by atoms with Crippen LogP contribution in [0.3, 0.4) is 0 Å². The molecule has 4 amide bonds. The van der Waals surface area contributed by atoms with Gasteiger partial charge in [-0.15, -0.1) is 0 Å². The number of aromatic nitrogens is 2. The minimum atomic E-state index is -1.09. The van der Waals surface area contributed by atoms with Crippen LogP contribution >= 0.6 is 0 Å². The van der Waals surface area contributed by atoms with Crippen molar-refractivity contribution in [3.63, 3.8) is 0 Å². The number of aryl methyl sites for hydroxylation is 1. The number of methoxy groups -OCH3 is 1. The summed E-state index contributed by atoms with van der Waals surface area (Å²) in [5, 5.41) is 5.51. The van der Waals surface area contributed by atoms with Crippen LogP contribution in [0.5, 0.6) is 0 Å². The molecule has 2 saturated heterocycles. The van der Waals surface area contributed by atoms with Crippen LogP contribution < -0.4 is 10.7 Å². The van der Waals surface area contributed by atoms with Crippen LogP contribution in [0.25, 0.3) is 33.3 Å². The Morgan fingerprint density at radius 1 is 1.07 bits per heavy atom. The second-order valence-electron chi connectivity index (χ2n) is 19.2. The van der Waals surface area contributed by atoms with Crippen molar-refractivity contribution < 1.29 is 33.4 Å². The molecule has 67 heavy (non-hydrogen) atoms. The molecule has 0 unspecified atom stereocenters. The predicted molar refractivity (Wildman–Crippen MR) is 257 cm³/mol. The summed E-state index contributed by atoms with van der Waals surface area (Å²) in [5.41, 5.74) is 11.1. The molecule has 14 heteroatoms. The van der Waals surface area contributed by atoms with Gasteiger partial charge in [-0.2, -0.15) is 0 Å². The number of likely N-dealkylation sites (tertiary alicyclic amines) is 1. The van der Waals surface area contributed by atoms with E-state index in [4.69, 9.17) is 14.5 Å². The van der Waals surface area contributed by atoms with Gasteiger partial charge in [0.25, 0.3) is 17.7 Å². The molecule has 2 aromatic heterocycles. The van der Waals surface area contributed by atoms with E-state index < -0.39 is 41.2 Å².